The zero-order chi connectivity index (χ0) is 27.4. The molecule has 5 heterocycles. The first-order chi connectivity index (χ1) is 19.5. The van der Waals surface area contributed by atoms with Crippen molar-refractivity contribution in [1.29, 1.82) is 0 Å². The summed E-state index contributed by atoms with van der Waals surface area (Å²) in [7, 11) is 0. The molecular formula is C32H31FN4O3. The Balaban J connectivity index is 1.07. The number of hydrogen-bond donors (Lipinski definition) is 1. The Morgan fingerprint density at radius 2 is 1.52 bits per heavy atom. The highest BCUT2D eigenvalue weighted by Crippen LogP contribution is 2.40. The minimum absolute atomic E-state index is 0.0522. The summed E-state index contributed by atoms with van der Waals surface area (Å²) in [5.41, 5.74) is 3.80. The maximum atomic E-state index is 15.8. The minimum atomic E-state index is -0.747. The van der Waals surface area contributed by atoms with Crippen LogP contribution in [0.15, 0.2) is 72.8 Å². The second kappa shape index (κ2) is 9.94. The van der Waals surface area contributed by atoms with Gasteiger partial charge in [0.25, 0.3) is 5.91 Å². The van der Waals surface area contributed by atoms with E-state index >= 15 is 4.39 Å². The Labute approximate surface area is 232 Å². The van der Waals surface area contributed by atoms with Gasteiger partial charge in [-0.1, -0.05) is 66.7 Å². The van der Waals surface area contributed by atoms with E-state index in [0.717, 1.165) is 19.5 Å². The Morgan fingerprint density at radius 1 is 0.875 bits per heavy atom. The summed E-state index contributed by atoms with van der Waals surface area (Å²) < 4.78 is 15.8. The largest absolute Gasteiger partial charge is 0.322 e. The minimum Gasteiger partial charge on any atom is -0.322 e. The average molecular weight is 539 g/mol. The second-order valence-corrected chi connectivity index (χ2v) is 11.4. The molecule has 3 aromatic carbocycles. The van der Waals surface area contributed by atoms with E-state index in [9.17, 15) is 14.4 Å². The number of carbonyl (C=O) groups is 3. The van der Waals surface area contributed by atoms with Gasteiger partial charge in [-0.3, -0.25) is 29.5 Å². The highest BCUT2D eigenvalue weighted by molar-refractivity contribution is 6.05. The molecule has 0 radical (unpaired) electrons. The summed E-state index contributed by atoms with van der Waals surface area (Å²) in [5.74, 6) is -1.52. The number of halogens is 1. The molecule has 0 aromatic heterocycles. The average Bonchev–Trinajstić information content (AvgIpc) is 3.30. The van der Waals surface area contributed by atoms with Crippen molar-refractivity contribution in [1.82, 2.24) is 20.0 Å². The number of amides is 3. The summed E-state index contributed by atoms with van der Waals surface area (Å²) in [5, 5.41) is 2.30. The number of nitrogens with zero attached hydrogens (tertiary/aromatic N) is 3. The number of rotatable bonds is 6. The van der Waals surface area contributed by atoms with Crippen LogP contribution < -0.4 is 5.32 Å². The van der Waals surface area contributed by atoms with Crippen molar-refractivity contribution in [3.05, 3.63) is 106 Å². The number of benzene rings is 3. The second-order valence-electron chi connectivity index (χ2n) is 11.4. The number of hydrogen-bond acceptors (Lipinski definition) is 5. The van der Waals surface area contributed by atoms with E-state index in [1.165, 1.54) is 16.0 Å². The molecule has 0 spiro atoms. The first-order valence-electron chi connectivity index (χ1n) is 14.0. The van der Waals surface area contributed by atoms with Gasteiger partial charge in [-0.2, -0.15) is 0 Å². The lowest BCUT2D eigenvalue weighted by atomic mass is 9.84. The zero-order valence-electron chi connectivity index (χ0n) is 22.1. The number of carbonyl (C=O) groups excluding carboxylic acids is 3. The Morgan fingerprint density at radius 3 is 2.15 bits per heavy atom. The van der Waals surface area contributed by atoms with Crippen LogP contribution >= 0.6 is 0 Å². The van der Waals surface area contributed by atoms with Gasteiger partial charge < -0.3 is 4.90 Å². The summed E-state index contributed by atoms with van der Waals surface area (Å²) in [6, 6.07) is 24.7. The maximum absolute atomic E-state index is 15.8. The SMILES string of the molecule is O=C1CCC(N2Cc3c(ccc(CN4C5CC4CN(C(c4ccccc4)c4ccccc4)C5)c3F)C2=O)C(=O)N1. The van der Waals surface area contributed by atoms with Crippen LogP contribution in [0.1, 0.15) is 57.9 Å². The van der Waals surface area contributed by atoms with E-state index in [2.05, 4.69) is 63.6 Å². The highest BCUT2D eigenvalue weighted by Gasteiger charge is 2.47. The quantitative estimate of drug-likeness (QED) is 0.486. The van der Waals surface area contributed by atoms with Crippen molar-refractivity contribution in [2.75, 3.05) is 13.1 Å². The molecule has 2 bridgehead atoms. The van der Waals surface area contributed by atoms with Crippen LogP contribution in [-0.2, 0) is 22.7 Å². The molecule has 3 atom stereocenters. The number of fused-ring (bicyclic) bond motifs is 3. The number of nitrogens with one attached hydrogen (secondary N) is 1. The first kappa shape index (κ1) is 25.1. The van der Waals surface area contributed by atoms with E-state index in [1.54, 1.807) is 12.1 Å². The summed E-state index contributed by atoms with van der Waals surface area (Å²) in [4.78, 5) is 43.3. The van der Waals surface area contributed by atoms with Gasteiger partial charge in [-0.25, -0.2) is 4.39 Å². The number of imide groups is 1. The summed E-state index contributed by atoms with van der Waals surface area (Å²) in [6.07, 6.45) is 1.54. The van der Waals surface area contributed by atoms with Crippen LogP contribution in [0.5, 0.6) is 0 Å². The van der Waals surface area contributed by atoms with Gasteiger partial charge in [-0.05, 0) is 30.0 Å². The Bertz CT molecular complexity index is 1430. The van der Waals surface area contributed by atoms with E-state index < -0.39 is 11.9 Å². The molecule has 5 aliphatic heterocycles. The molecule has 5 aliphatic rings. The van der Waals surface area contributed by atoms with Gasteiger partial charge >= 0.3 is 0 Å². The Kier molecular flexibility index (Phi) is 6.24. The maximum Gasteiger partial charge on any atom is 0.255 e. The molecular weight excluding hydrogens is 507 g/mol. The third-order valence-electron chi connectivity index (χ3n) is 9.05. The van der Waals surface area contributed by atoms with Gasteiger partial charge in [0, 0.05) is 54.8 Å². The standard InChI is InChI=1S/C32H31FN4O3/c33-29-22(11-12-25-26(29)19-37(32(25)40)27-13-14-28(38)34-31(27)39)16-36-23-15-24(36)18-35(17-23)30(20-7-3-1-4-8-20)21-9-5-2-6-10-21/h1-12,23-24,27,30H,13-19H2,(H,34,38,39). The zero-order valence-corrected chi connectivity index (χ0v) is 22.1. The first-order valence-corrected chi connectivity index (χ1v) is 14.0. The van der Waals surface area contributed by atoms with Gasteiger partial charge in [0.2, 0.25) is 11.8 Å². The van der Waals surface area contributed by atoms with E-state index in [-0.39, 0.29) is 43.1 Å². The van der Waals surface area contributed by atoms with Crippen LogP contribution in [0.2, 0.25) is 0 Å². The molecule has 3 aromatic rings. The fourth-order valence-corrected chi connectivity index (χ4v) is 7.05. The molecule has 4 saturated heterocycles. The van der Waals surface area contributed by atoms with Crippen molar-refractivity contribution in [2.45, 2.75) is 56.5 Å². The number of piperidine rings is 2. The lowest BCUT2D eigenvalue weighted by Gasteiger charge is -2.58. The van der Waals surface area contributed by atoms with Gasteiger partial charge in [0.15, 0.2) is 0 Å². The van der Waals surface area contributed by atoms with Crippen molar-refractivity contribution >= 4 is 17.7 Å². The summed E-state index contributed by atoms with van der Waals surface area (Å²) in [6.45, 7) is 2.35. The lowest BCUT2D eigenvalue weighted by Crippen LogP contribution is -2.68. The molecule has 8 heteroatoms. The van der Waals surface area contributed by atoms with Crippen LogP contribution in [0.25, 0.3) is 0 Å². The monoisotopic (exact) mass is 538 g/mol. The third-order valence-corrected chi connectivity index (χ3v) is 9.05. The molecule has 204 valence electrons. The van der Waals surface area contributed by atoms with E-state index in [0.29, 0.717) is 35.3 Å². The van der Waals surface area contributed by atoms with Gasteiger partial charge in [0.05, 0.1) is 12.6 Å². The predicted octanol–water partition coefficient (Wildman–Crippen LogP) is 3.63. The van der Waals surface area contributed by atoms with E-state index in [1.807, 2.05) is 12.1 Å². The molecule has 0 saturated carbocycles. The van der Waals surface area contributed by atoms with Crippen molar-refractivity contribution in [2.24, 2.45) is 0 Å². The molecule has 8 rings (SSSR count). The molecule has 40 heavy (non-hydrogen) atoms. The Hall–Kier alpha value is -3.88. The fraction of sp³-hybridized carbons (Fsp3) is 0.344. The van der Waals surface area contributed by atoms with Crippen LogP contribution in [0, 0.1) is 5.82 Å². The van der Waals surface area contributed by atoms with Crippen molar-refractivity contribution in [3.8, 4) is 0 Å². The van der Waals surface area contributed by atoms with E-state index in [4.69, 9.17) is 0 Å². The van der Waals surface area contributed by atoms with Crippen LogP contribution in [0.3, 0.4) is 0 Å². The van der Waals surface area contributed by atoms with Crippen molar-refractivity contribution < 1.29 is 18.8 Å². The molecule has 3 unspecified atom stereocenters. The van der Waals surface area contributed by atoms with Gasteiger partial charge in [0.1, 0.15) is 11.9 Å². The summed E-state index contributed by atoms with van der Waals surface area (Å²) >= 11 is 0. The molecule has 0 aliphatic carbocycles. The van der Waals surface area contributed by atoms with Crippen LogP contribution in [0.4, 0.5) is 4.39 Å². The fourth-order valence-electron chi connectivity index (χ4n) is 7.05. The molecule has 4 fully saturated rings. The lowest BCUT2D eigenvalue weighted by molar-refractivity contribution is -0.136. The topological polar surface area (TPSA) is 73.0 Å². The highest BCUT2D eigenvalue weighted by atomic mass is 19.1. The van der Waals surface area contributed by atoms with Crippen molar-refractivity contribution in [3.63, 3.8) is 0 Å². The normalized spacial score (nSPS) is 24.7. The smallest absolute Gasteiger partial charge is 0.255 e. The molecule has 3 amide bonds. The van der Waals surface area contributed by atoms with Gasteiger partial charge in [-0.15, -0.1) is 0 Å². The number of piperazine rings is 1. The molecule has 7 nitrogen and oxygen atoms in total. The van der Waals surface area contributed by atoms with Crippen LogP contribution in [-0.4, -0.2) is 63.6 Å². The molecule has 1 N–H and O–H groups in total. The predicted molar refractivity (Wildman–Crippen MR) is 146 cm³/mol. The third kappa shape index (κ3) is 4.22.